The van der Waals surface area contributed by atoms with Gasteiger partial charge in [-0.3, -0.25) is 0 Å². The topological polar surface area (TPSA) is 55.1 Å². The predicted molar refractivity (Wildman–Crippen MR) is 101 cm³/mol. The molecule has 2 heterocycles. The van der Waals surface area contributed by atoms with Gasteiger partial charge in [0.25, 0.3) is 0 Å². The Balaban J connectivity index is 1.79. The molecule has 4 rings (SSSR count). The SMILES string of the molecule is CCC(c1cnn2c(Nc3ccc(Cl)cc3C(F)(F)F)nc(C)nc12)C1CC1. The first-order valence-corrected chi connectivity index (χ1v) is 9.51. The molecule has 0 saturated heterocycles. The zero-order valence-electron chi connectivity index (χ0n) is 15.4. The first-order valence-electron chi connectivity index (χ1n) is 9.14. The van der Waals surface area contributed by atoms with Crippen LogP contribution in [-0.4, -0.2) is 19.6 Å². The van der Waals surface area contributed by atoms with Crippen molar-refractivity contribution in [3.63, 3.8) is 0 Å². The molecule has 1 fully saturated rings. The molecular weight excluding hydrogens is 391 g/mol. The minimum absolute atomic E-state index is 0.0125. The molecule has 1 aromatic carbocycles. The summed E-state index contributed by atoms with van der Waals surface area (Å²) in [6.45, 7) is 3.84. The van der Waals surface area contributed by atoms with Crippen molar-refractivity contribution in [1.29, 1.82) is 0 Å². The fourth-order valence-electron chi connectivity index (χ4n) is 3.63. The van der Waals surface area contributed by atoms with E-state index in [0.717, 1.165) is 18.1 Å². The van der Waals surface area contributed by atoms with Crippen LogP contribution >= 0.6 is 11.6 Å². The Morgan fingerprint density at radius 2 is 2.04 bits per heavy atom. The molecule has 1 unspecified atom stereocenters. The van der Waals surface area contributed by atoms with Gasteiger partial charge < -0.3 is 5.32 Å². The van der Waals surface area contributed by atoms with Crippen molar-refractivity contribution in [3.8, 4) is 0 Å². The molecule has 2 aromatic heterocycles. The number of aromatic nitrogens is 4. The number of benzene rings is 1. The molecule has 0 aliphatic heterocycles. The van der Waals surface area contributed by atoms with E-state index >= 15 is 0 Å². The Morgan fingerprint density at radius 1 is 1.29 bits per heavy atom. The third kappa shape index (κ3) is 3.53. The standard InChI is InChI=1S/C19H19ClF3N5/c1-3-13(11-4-5-11)14-9-24-28-17(14)25-10(2)26-18(28)27-16-7-6-12(20)8-15(16)19(21,22)23/h6-9,11,13H,3-5H2,1-2H3,(H,25,26,27). The highest BCUT2D eigenvalue weighted by Crippen LogP contribution is 2.45. The first-order chi connectivity index (χ1) is 13.3. The van der Waals surface area contributed by atoms with Gasteiger partial charge >= 0.3 is 6.18 Å². The van der Waals surface area contributed by atoms with Gasteiger partial charge in [-0.25, -0.2) is 4.98 Å². The lowest BCUT2D eigenvalue weighted by Crippen LogP contribution is -2.12. The molecular formula is C19H19ClF3N5. The molecule has 1 saturated carbocycles. The summed E-state index contributed by atoms with van der Waals surface area (Å²) < 4.78 is 41.7. The van der Waals surface area contributed by atoms with E-state index in [1.54, 1.807) is 13.1 Å². The Bertz CT molecular complexity index is 1030. The average molecular weight is 410 g/mol. The predicted octanol–water partition coefficient (Wildman–Crippen LogP) is 5.75. The van der Waals surface area contributed by atoms with Crippen LogP contribution in [0.25, 0.3) is 5.65 Å². The lowest BCUT2D eigenvalue weighted by atomic mass is 9.94. The molecule has 0 radical (unpaired) electrons. The zero-order chi connectivity index (χ0) is 20.1. The monoisotopic (exact) mass is 409 g/mol. The van der Waals surface area contributed by atoms with Crippen molar-refractivity contribution >= 4 is 28.9 Å². The van der Waals surface area contributed by atoms with E-state index in [2.05, 4.69) is 27.3 Å². The average Bonchev–Trinajstić information content (AvgIpc) is 3.37. The van der Waals surface area contributed by atoms with Gasteiger partial charge in [0.15, 0.2) is 5.65 Å². The summed E-state index contributed by atoms with van der Waals surface area (Å²) in [5, 5.41) is 7.15. The van der Waals surface area contributed by atoms with E-state index in [4.69, 9.17) is 11.6 Å². The summed E-state index contributed by atoms with van der Waals surface area (Å²) in [4.78, 5) is 8.79. The van der Waals surface area contributed by atoms with Gasteiger partial charge in [0.1, 0.15) is 5.82 Å². The maximum Gasteiger partial charge on any atom is 0.418 e. The Morgan fingerprint density at radius 3 is 2.68 bits per heavy atom. The van der Waals surface area contributed by atoms with Crippen LogP contribution in [0.4, 0.5) is 24.8 Å². The number of nitrogens with zero attached hydrogens (tertiary/aromatic N) is 4. The summed E-state index contributed by atoms with van der Waals surface area (Å²) in [6, 6.07) is 3.58. The van der Waals surface area contributed by atoms with Crippen LogP contribution in [0.15, 0.2) is 24.4 Å². The number of rotatable bonds is 5. The molecule has 0 bridgehead atoms. The molecule has 1 aliphatic carbocycles. The minimum Gasteiger partial charge on any atom is -0.323 e. The number of anilines is 2. The maximum absolute atomic E-state index is 13.4. The number of fused-ring (bicyclic) bond motifs is 1. The smallest absolute Gasteiger partial charge is 0.323 e. The fourth-order valence-corrected chi connectivity index (χ4v) is 3.80. The quantitative estimate of drug-likeness (QED) is 0.582. The number of halogens is 4. The number of alkyl halides is 3. The number of aryl methyl sites for hydroxylation is 1. The third-order valence-corrected chi connectivity index (χ3v) is 5.31. The van der Waals surface area contributed by atoms with Crippen LogP contribution in [-0.2, 0) is 6.18 Å². The highest BCUT2D eigenvalue weighted by Gasteiger charge is 2.35. The molecule has 1 N–H and O–H groups in total. The maximum atomic E-state index is 13.4. The molecule has 0 spiro atoms. The molecule has 3 aromatic rings. The highest BCUT2D eigenvalue weighted by atomic mass is 35.5. The van der Waals surface area contributed by atoms with Crippen LogP contribution in [0, 0.1) is 12.8 Å². The Labute approximate surface area is 164 Å². The van der Waals surface area contributed by atoms with Crippen LogP contribution in [0.5, 0.6) is 0 Å². The largest absolute Gasteiger partial charge is 0.418 e. The molecule has 5 nitrogen and oxygen atoms in total. The third-order valence-electron chi connectivity index (χ3n) is 5.07. The van der Waals surface area contributed by atoms with E-state index in [9.17, 15) is 13.2 Å². The number of hydrogen-bond acceptors (Lipinski definition) is 4. The van der Waals surface area contributed by atoms with Crippen molar-refractivity contribution in [2.24, 2.45) is 5.92 Å². The van der Waals surface area contributed by atoms with Gasteiger partial charge in [0.2, 0.25) is 5.95 Å². The second kappa shape index (κ2) is 6.92. The van der Waals surface area contributed by atoms with E-state index in [1.807, 2.05) is 0 Å². The highest BCUT2D eigenvalue weighted by molar-refractivity contribution is 6.30. The summed E-state index contributed by atoms with van der Waals surface area (Å²) in [5.74, 6) is 1.62. The van der Waals surface area contributed by atoms with E-state index in [1.165, 1.54) is 29.5 Å². The first kappa shape index (κ1) is 19.0. The van der Waals surface area contributed by atoms with Crippen molar-refractivity contribution in [1.82, 2.24) is 19.6 Å². The van der Waals surface area contributed by atoms with Gasteiger partial charge in [0, 0.05) is 10.6 Å². The summed E-state index contributed by atoms with van der Waals surface area (Å²) in [6.07, 6.45) is 0.541. The minimum atomic E-state index is -4.55. The van der Waals surface area contributed by atoms with Gasteiger partial charge in [-0.1, -0.05) is 18.5 Å². The van der Waals surface area contributed by atoms with E-state index in [-0.39, 0.29) is 16.7 Å². The normalized spacial score (nSPS) is 15.8. The summed E-state index contributed by atoms with van der Waals surface area (Å²) in [7, 11) is 0. The van der Waals surface area contributed by atoms with Crippen molar-refractivity contribution in [2.45, 2.75) is 45.2 Å². The van der Waals surface area contributed by atoms with Crippen LogP contribution < -0.4 is 5.32 Å². The Kier molecular flexibility index (Phi) is 4.69. The Hall–Kier alpha value is -2.35. The second-order valence-electron chi connectivity index (χ2n) is 7.09. The lowest BCUT2D eigenvalue weighted by molar-refractivity contribution is -0.136. The van der Waals surface area contributed by atoms with E-state index < -0.39 is 11.7 Å². The van der Waals surface area contributed by atoms with Crippen molar-refractivity contribution in [3.05, 3.63) is 46.4 Å². The van der Waals surface area contributed by atoms with Crippen LogP contribution in [0.3, 0.4) is 0 Å². The van der Waals surface area contributed by atoms with Crippen molar-refractivity contribution < 1.29 is 13.2 Å². The van der Waals surface area contributed by atoms with Gasteiger partial charge in [0.05, 0.1) is 17.4 Å². The van der Waals surface area contributed by atoms with Crippen molar-refractivity contribution in [2.75, 3.05) is 5.32 Å². The van der Waals surface area contributed by atoms with Gasteiger partial charge in [-0.15, -0.1) is 0 Å². The van der Waals surface area contributed by atoms with Crippen LogP contribution in [0.1, 0.15) is 49.1 Å². The molecule has 0 amide bonds. The number of nitrogens with one attached hydrogen (secondary N) is 1. The summed E-state index contributed by atoms with van der Waals surface area (Å²) in [5.41, 5.74) is 0.658. The van der Waals surface area contributed by atoms with E-state index in [0.29, 0.717) is 23.3 Å². The lowest BCUT2D eigenvalue weighted by Gasteiger charge is -2.16. The van der Waals surface area contributed by atoms with Crippen LogP contribution in [0.2, 0.25) is 5.02 Å². The fraction of sp³-hybridized carbons (Fsp3) is 0.421. The second-order valence-corrected chi connectivity index (χ2v) is 7.53. The van der Waals surface area contributed by atoms with Gasteiger partial charge in [-0.05, 0) is 56.2 Å². The molecule has 1 aliphatic rings. The zero-order valence-corrected chi connectivity index (χ0v) is 16.1. The molecule has 1 atom stereocenters. The van der Waals surface area contributed by atoms with Gasteiger partial charge in [-0.2, -0.15) is 27.8 Å². The summed E-state index contributed by atoms with van der Waals surface area (Å²) >= 11 is 5.76. The number of hydrogen-bond donors (Lipinski definition) is 1. The molecule has 28 heavy (non-hydrogen) atoms. The molecule has 148 valence electrons. The molecule has 9 heteroatoms.